The second-order valence-corrected chi connectivity index (χ2v) is 7.37. The third kappa shape index (κ3) is 4.80. The highest BCUT2D eigenvalue weighted by molar-refractivity contribution is 8.18. The number of amidine groups is 1. The molecule has 1 fully saturated rings. The van der Waals surface area contributed by atoms with Gasteiger partial charge in [-0.25, -0.2) is 14.2 Å². The number of thioether (sulfide) groups is 1. The van der Waals surface area contributed by atoms with Gasteiger partial charge in [-0.1, -0.05) is 12.1 Å². The number of carboxylic acids is 1. The molecule has 3 rings (SSSR count). The summed E-state index contributed by atoms with van der Waals surface area (Å²) in [4.78, 5) is 29.7. The van der Waals surface area contributed by atoms with Crippen LogP contribution in [0, 0.1) is 5.82 Å². The number of hydrogen-bond donors (Lipinski definition) is 1. The number of hydrogen-bond acceptors (Lipinski definition) is 6. The van der Waals surface area contributed by atoms with E-state index in [2.05, 4.69) is 4.99 Å². The number of carbonyl (C=O) groups excluding carboxylic acids is 1. The Morgan fingerprint density at radius 1 is 1.27 bits per heavy atom. The number of ether oxygens (including phenoxy) is 2. The average molecular weight is 430 g/mol. The van der Waals surface area contributed by atoms with Gasteiger partial charge in [0.2, 0.25) is 0 Å². The van der Waals surface area contributed by atoms with Crippen molar-refractivity contribution < 1.29 is 28.6 Å². The van der Waals surface area contributed by atoms with E-state index in [0.717, 1.165) is 0 Å². The number of aliphatic imine (C=N–C) groups is 1. The molecular formula is C21H19FN2O5S. The molecule has 1 atom stereocenters. The highest BCUT2D eigenvalue weighted by Crippen LogP contribution is 2.35. The molecule has 0 spiro atoms. The average Bonchev–Trinajstić information content (AvgIpc) is 2.96. The van der Waals surface area contributed by atoms with Gasteiger partial charge in [0, 0.05) is 7.05 Å². The number of likely N-dealkylation sites (N-methyl/N-ethyl adjacent to an activating group) is 1. The van der Waals surface area contributed by atoms with Crippen LogP contribution in [0.15, 0.2) is 52.4 Å². The number of benzene rings is 2. The summed E-state index contributed by atoms with van der Waals surface area (Å²) >= 11 is 1.17. The van der Waals surface area contributed by atoms with Crippen molar-refractivity contribution in [3.63, 3.8) is 0 Å². The Balaban J connectivity index is 1.86. The fraction of sp³-hybridized carbons (Fsp3) is 0.190. The summed E-state index contributed by atoms with van der Waals surface area (Å²) in [7, 11) is 3.04. The third-order valence-corrected chi connectivity index (χ3v) is 5.23. The summed E-state index contributed by atoms with van der Waals surface area (Å²) in [6.45, 7) is 1.42. The Morgan fingerprint density at radius 3 is 2.70 bits per heavy atom. The molecule has 0 radical (unpaired) electrons. The van der Waals surface area contributed by atoms with Crippen LogP contribution in [0.1, 0.15) is 12.5 Å². The van der Waals surface area contributed by atoms with Gasteiger partial charge in [-0.05, 0) is 60.7 Å². The predicted molar refractivity (Wildman–Crippen MR) is 113 cm³/mol. The molecular weight excluding hydrogens is 411 g/mol. The minimum atomic E-state index is -1.09. The molecule has 2 aromatic carbocycles. The molecule has 1 saturated heterocycles. The van der Waals surface area contributed by atoms with E-state index in [9.17, 15) is 14.0 Å². The minimum absolute atomic E-state index is 0.242. The van der Waals surface area contributed by atoms with Crippen LogP contribution >= 0.6 is 11.8 Å². The zero-order valence-electron chi connectivity index (χ0n) is 16.5. The van der Waals surface area contributed by atoms with Gasteiger partial charge < -0.3 is 14.6 Å². The van der Waals surface area contributed by atoms with Gasteiger partial charge in [0.05, 0.1) is 17.7 Å². The molecule has 0 saturated carbocycles. The zero-order chi connectivity index (χ0) is 21.8. The molecule has 7 nitrogen and oxygen atoms in total. The van der Waals surface area contributed by atoms with Crippen LogP contribution in [-0.2, 0) is 9.59 Å². The van der Waals surface area contributed by atoms with Crippen LogP contribution in [0.25, 0.3) is 6.08 Å². The molecule has 1 amide bonds. The van der Waals surface area contributed by atoms with E-state index in [0.29, 0.717) is 27.1 Å². The number of aliphatic carboxylic acids is 1. The first-order chi connectivity index (χ1) is 14.3. The van der Waals surface area contributed by atoms with Crippen molar-refractivity contribution in [3.05, 3.63) is 58.8 Å². The van der Waals surface area contributed by atoms with Gasteiger partial charge in [-0.2, -0.15) is 0 Å². The Kier molecular flexibility index (Phi) is 6.41. The lowest BCUT2D eigenvalue weighted by Gasteiger charge is -2.14. The predicted octanol–water partition coefficient (Wildman–Crippen LogP) is 3.92. The van der Waals surface area contributed by atoms with E-state index >= 15 is 0 Å². The first kappa shape index (κ1) is 21.4. The van der Waals surface area contributed by atoms with Crippen molar-refractivity contribution in [2.75, 3.05) is 14.2 Å². The van der Waals surface area contributed by atoms with Crippen LogP contribution in [-0.4, -0.2) is 47.3 Å². The van der Waals surface area contributed by atoms with Crippen LogP contribution in [0.2, 0.25) is 0 Å². The quantitative estimate of drug-likeness (QED) is 0.699. The lowest BCUT2D eigenvalue weighted by Crippen LogP contribution is -2.23. The number of methoxy groups -OCH3 is 1. The summed E-state index contributed by atoms with van der Waals surface area (Å²) in [5.74, 6) is -1.12. The molecule has 1 heterocycles. The fourth-order valence-electron chi connectivity index (χ4n) is 2.57. The Morgan fingerprint density at radius 2 is 2.03 bits per heavy atom. The van der Waals surface area contributed by atoms with Gasteiger partial charge in [-0.15, -0.1) is 0 Å². The first-order valence-electron chi connectivity index (χ1n) is 8.88. The molecule has 2 aromatic rings. The maximum absolute atomic E-state index is 13.4. The Hall–Kier alpha value is -3.33. The highest BCUT2D eigenvalue weighted by Gasteiger charge is 2.30. The van der Waals surface area contributed by atoms with Crippen LogP contribution in [0.4, 0.5) is 10.1 Å². The molecule has 1 N–H and O–H groups in total. The number of carboxylic acid groups (broad SMARTS) is 1. The van der Waals surface area contributed by atoms with Gasteiger partial charge in [0.15, 0.2) is 22.8 Å². The summed E-state index contributed by atoms with van der Waals surface area (Å²) in [6.07, 6.45) is 0.634. The second kappa shape index (κ2) is 9.00. The molecule has 1 aliphatic rings. The molecule has 1 aliphatic heterocycles. The van der Waals surface area contributed by atoms with Crippen LogP contribution in [0.5, 0.6) is 11.5 Å². The fourth-order valence-corrected chi connectivity index (χ4v) is 3.56. The number of amides is 1. The monoisotopic (exact) mass is 430 g/mol. The zero-order valence-corrected chi connectivity index (χ0v) is 17.3. The van der Waals surface area contributed by atoms with E-state index < -0.39 is 17.9 Å². The van der Waals surface area contributed by atoms with Crippen molar-refractivity contribution in [2.45, 2.75) is 13.0 Å². The number of rotatable bonds is 6. The molecule has 30 heavy (non-hydrogen) atoms. The maximum atomic E-state index is 13.4. The smallest absolute Gasteiger partial charge is 0.344 e. The minimum Gasteiger partial charge on any atom is -0.493 e. The molecule has 0 unspecified atom stereocenters. The number of nitrogens with zero attached hydrogens (tertiary/aromatic N) is 2. The molecule has 0 aliphatic carbocycles. The Labute approximate surface area is 176 Å². The van der Waals surface area contributed by atoms with Gasteiger partial charge in [-0.3, -0.25) is 9.69 Å². The molecule has 0 bridgehead atoms. The number of carbonyl (C=O) groups is 2. The summed E-state index contributed by atoms with van der Waals surface area (Å²) in [5.41, 5.74) is 1.08. The lowest BCUT2D eigenvalue weighted by molar-refractivity contribution is -0.144. The first-order valence-corrected chi connectivity index (χ1v) is 9.69. The topological polar surface area (TPSA) is 88.4 Å². The van der Waals surface area contributed by atoms with E-state index in [1.165, 1.54) is 42.8 Å². The highest BCUT2D eigenvalue weighted by atomic mass is 32.2. The summed E-state index contributed by atoms with van der Waals surface area (Å²) < 4.78 is 24.0. The van der Waals surface area contributed by atoms with E-state index in [-0.39, 0.29) is 11.7 Å². The van der Waals surface area contributed by atoms with Gasteiger partial charge >= 0.3 is 5.97 Å². The summed E-state index contributed by atoms with van der Waals surface area (Å²) in [5, 5.41) is 9.43. The summed E-state index contributed by atoms with van der Waals surface area (Å²) in [6, 6.07) is 10.7. The normalized spacial score (nSPS) is 17.5. The third-order valence-electron chi connectivity index (χ3n) is 4.17. The maximum Gasteiger partial charge on any atom is 0.344 e. The van der Waals surface area contributed by atoms with Gasteiger partial charge in [0.25, 0.3) is 5.91 Å². The molecule has 0 aromatic heterocycles. The van der Waals surface area contributed by atoms with Crippen molar-refractivity contribution in [3.8, 4) is 11.5 Å². The van der Waals surface area contributed by atoms with Crippen LogP contribution in [0.3, 0.4) is 0 Å². The van der Waals surface area contributed by atoms with E-state index in [1.807, 2.05) is 0 Å². The van der Waals surface area contributed by atoms with Crippen molar-refractivity contribution >= 4 is 40.6 Å². The van der Waals surface area contributed by atoms with Crippen molar-refractivity contribution in [2.24, 2.45) is 4.99 Å². The SMILES string of the molecule is COc1cc(/C=C2\SC(=Nc3cccc(F)c3)N(C)C2=O)ccc1O[C@@H](C)C(=O)O. The lowest BCUT2D eigenvalue weighted by atomic mass is 10.2. The largest absolute Gasteiger partial charge is 0.493 e. The van der Waals surface area contributed by atoms with E-state index in [4.69, 9.17) is 14.6 Å². The Bertz CT molecular complexity index is 1050. The van der Waals surface area contributed by atoms with Crippen molar-refractivity contribution in [1.29, 1.82) is 0 Å². The van der Waals surface area contributed by atoms with Crippen molar-refractivity contribution in [1.82, 2.24) is 4.90 Å². The molecule has 156 valence electrons. The standard InChI is InChI=1S/C21H19FN2O5S/c1-12(20(26)27)29-16-8-7-13(9-17(16)28-3)10-18-19(25)24(2)21(30-18)23-15-6-4-5-14(22)11-15/h4-12H,1-3H3,(H,26,27)/b18-10-,23-21?/t12-/m0/s1. The number of halogens is 1. The molecule has 9 heteroatoms. The van der Waals surface area contributed by atoms with Crippen LogP contribution < -0.4 is 9.47 Å². The van der Waals surface area contributed by atoms with Gasteiger partial charge in [0.1, 0.15) is 5.82 Å². The van der Waals surface area contributed by atoms with E-state index in [1.54, 1.807) is 43.5 Å². The second-order valence-electron chi connectivity index (χ2n) is 6.36.